The summed E-state index contributed by atoms with van der Waals surface area (Å²) in [7, 11) is 0. The number of carbonyl (C=O) groups excluding carboxylic acids is 1. The van der Waals surface area contributed by atoms with E-state index in [0.29, 0.717) is 0 Å². The lowest BCUT2D eigenvalue weighted by molar-refractivity contribution is -0.137. The van der Waals surface area contributed by atoms with E-state index in [2.05, 4.69) is 10.4 Å². The van der Waals surface area contributed by atoms with Gasteiger partial charge in [0.2, 0.25) is 0 Å². The third kappa shape index (κ3) is 3.71. The maximum absolute atomic E-state index is 12.7. The Kier molecular flexibility index (Phi) is 4.31. The van der Waals surface area contributed by atoms with Crippen LogP contribution in [-0.2, 0) is 6.18 Å². The van der Waals surface area contributed by atoms with Crippen LogP contribution in [0.5, 0.6) is 0 Å². The van der Waals surface area contributed by atoms with Gasteiger partial charge in [0.05, 0.1) is 11.3 Å². The van der Waals surface area contributed by atoms with E-state index in [9.17, 15) is 18.0 Å². The molecule has 4 nitrogen and oxygen atoms in total. The molecule has 3 aromatic rings. The predicted molar refractivity (Wildman–Crippen MR) is 87.7 cm³/mol. The fourth-order valence-corrected chi connectivity index (χ4v) is 2.38. The second-order valence-corrected chi connectivity index (χ2v) is 5.45. The van der Waals surface area contributed by atoms with Gasteiger partial charge in [-0.1, -0.05) is 24.3 Å². The Hall–Kier alpha value is -3.09. The molecule has 2 aromatic carbocycles. The van der Waals surface area contributed by atoms with Crippen LogP contribution in [0, 0.1) is 6.92 Å². The second kappa shape index (κ2) is 6.43. The Morgan fingerprint density at radius 3 is 2.44 bits per heavy atom. The van der Waals surface area contributed by atoms with Gasteiger partial charge in [-0.15, -0.1) is 0 Å². The molecule has 1 aromatic heterocycles. The molecule has 1 heterocycles. The van der Waals surface area contributed by atoms with Crippen LogP contribution < -0.4 is 5.32 Å². The molecule has 0 saturated heterocycles. The first-order chi connectivity index (χ1) is 11.8. The molecule has 7 heteroatoms. The summed E-state index contributed by atoms with van der Waals surface area (Å²) in [6.45, 7) is 1.79. The first-order valence-corrected chi connectivity index (χ1v) is 7.45. The first kappa shape index (κ1) is 16.8. The molecule has 0 saturated carbocycles. The summed E-state index contributed by atoms with van der Waals surface area (Å²) in [5, 5.41) is 6.68. The summed E-state index contributed by atoms with van der Waals surface area (Å²) < 4.78 is 39.8. The Labute approximate surface area is 141 Å². The number of hydrogen-bond acceptors (Lipinski definition) is 2. The third-order valence-electron chi connectivity index (χ3n) is 3.57. The van der Waals surface area contributed by atoms with Crippen molar-refractivity contribution in [2.24, 2.45) is 0 Å². The average Bonchev–Trinajstić information content (AvgIpc) is 2.97. The van der Waals surface area contributed by atoms with Crippen molar-refractivity contribution in [1.82, 2.24) is 9.78 Å². The quantitative estimate of drug-likeness (QED) is 0.762. The molecule has 1 amide bonds. The molecular weight excluding hydrogens is 331 g/mol. The van der Waals surface area contributed by atoms with Crippen molar-refractivity contribution >= 4 is 11.6 Å². The van der Waals surface area contributed by atoms with E-state index in [1.807, 2.05) is 30.3 Å². The largest absolute Gasteiger partial charge is 0.416 e. The van der Waals surface area contributed by atoms with Gasteiger partial charge >= 0.3 is 6.18 Å². The van der Waals surface area contributed by atoms with Crippen LogP contribution in [0.2, 0.25) is 0 Å². The second-order valence-electron chi connectivity index (χ2n) is 5.45. The van der Waals surface area contributed by atoms with Crippen molar-refractivity contribution in [1.29, 1.82) is 0 Å². The van der Waals surface area contributed by atoms with Gasteiger partial charge in [-0.2, -0.15) is 18.3 Å². The van der Waals surface area contributed by atoms with E-state index in [4.69, 9.17) is 0 Å². The van der Waals surface area contributed by atoms with Gasteiger partial charge in [0.15, 0.2) is 5.69 Å². The van der Waals surface area contributed by atoms with Crippen LogP contribution in [0.25, 0.3) is 5.69 Å². The smallest absolute Gasteiger partial charge is 0.321 e. The Bertz CT molecular complexity index is 901. The maximum atomic E-state index is 12.7. The minimum Gasteiger partial charge on any atom is -0.321 e. The van der Waals surface area contributed by atoms with Crippen molar-refractivity contribution in [2.75, 3.05) is 5.32 Å². The van der Waals surface area contributed by atoms with Crippen molar-refractivity contribution in [3.05, 3.63) is 77.6 Å². The van der Waals surface area contributed by atoms with Crippen LogP contribution in [0.4, 0.5) is 18.9 Å². The van der Waals surface area contributed by atoms with Crippen LogP contribution in [0.15, 0.2) is 60.7 Å². The van der Waals surface area contributed by atoms with Gasteiger partial charge in [-0.25, -0.2) is 4.68 Å². The minimum absolute atomic E-state index is 0.0618. The molecule has 128 valence electrons. The number of rotatable bonds is 3. The molecular formula is C18H14F3N3O. The Morgan fingerprint density at radius 2 is 1.76 bits per heavy atom. The van der Waals surface area contributed by atoms with Crippen molar-refractivity contribution in [2.45, 2.75) is 13.1 Å². The molecule has 3 rings (SSSR count). The van der Waals surface area contributed by atoms with Gasteiger partial charge in [-0.05, 0) is 43.3 Å². The number of aryl methyl sites for hydroxylation is 1. The third-order valence-corrected chi connectivity index (χ3v) is 3.57. The van der Waals surface area contributed by atoms with Crippen LogP contribution in [-0.4, -0.2) is 15.7 Å². The summed E-state index contributed by atoms with van der Waals surface area (Å²) >= 11 is 0. The monoisotopic (exact) mass is 345 g/mol. The number of para-hydroxylation sites is 1. The molecule has 0 aliphatic heterocycles. The minimum atomic E-state index is -4.47. The molecule has 1 N–H and O–H groups in total. The zero-order valence-corrected chi connectivity index (χ0v) is 13.2. The lowest BCUT2D eigenvalue weighted by Gasteiger charge is -2.09. The SMILES string of the molecule is Cc1cc(C(=O)Nc2cccc(C(F)(F)F)c2)nn1-c1ccccc1. The van der Waals surface area contributed by atoms with Crippen molar-refractivity contribution in [3.8, 4) is 5.69 Å². The molecule has 0 radical (unpaired) electrons. The van der Waals surface area contributed by atoms with Crippen molar-refractivity contribution < 1.29 is 18.0 Å². The summed E-state index contributed by atoms with van der Waals surface area (Å²) in [5.41, 5.74) is 0.889. The molecule has 0 aliphatic rings. The maximum Gasteiger partial charge on any atom is 0.416 e. The summed E-state index contributed by atoms with van der Waals surface area (Å²) in [4.78, 5) is 12.3. The van der Waals surface area contributed by atoms with Gasteiger partial charge in [-0.3, -0.25) is 4.79 Å². The Morgan fingerprint density at radius 1 is 1.04 bits per heavy atom. The number of nitrogens with zero attached hydrogens (tertiary/aromatic N) is 2. The van der Waals surface area contributed by atoms with Gasteiger partial charge in [0.25, 0.3) is 5.91 Å². The van der Waals surface area contributed by atoms with E-state index in [-0.39, 0.29) is 11.4 Å². The summed E-state index contributed by atoms with van der Waals surface area (Å²) in [5.74, 6) is -0.572. The number of carbonyl (C=O) groups is 1. The highest BCUT2D eigenvalue weighted by atomic mass is 19.4. The number of nitrogens with one attached hydrogen (secondary N) is 1. The van der Waals surface area contributed by atoms with E-state index in [1.54, 1.807) is 17.7 Å². The molecule has 25 heavy (non-hydrogen) atoms. The normalized spacial score (nSPS) is 11.4. The lowest BCUT2D eigenvalue weighted by atomic mass is 10.2. The lowest BCUT2D eigenvalue weighted by Crippen LogP contribution is -2.14. The topological polar surface area (TPSA) is 46.9 Å². The van der Waals surface area contributed by atoms with Gasteiger partial charge in [0, 0.05) is 11.4 Å². The van der Waals surface area contributed by atoms with Gasteiger partial charge in [0.1, 0.15) is 0 Å². The van der Waals surface area contributed by atoms with E-state index >= 15 is 0 Å². The average molecular weight is 345 g/mol. The van der Waals surface area contributed by atoms with E-state index < -0.39 is 17.6 Å². The van der Waals surface area contributed by atoms with E-state index in [1.165, 1.54) is 12.1 Å². The zero-order valence-electron chi connectivity index (χ0n) is 13.2. The van der Waals surface area contributed by atoms with Crippen molar-refractivity contribution in [3.63, 3.8) is 0 Å². The molecule has 0 fully saturated rings. The number of amides is 1. The fourth-order valence-electron chi connectivity index (χ4n) is 2.38. The summed E-state index contributed by atoms with van der Waals surface area (Å²) in [6.07, 6.45) is -4.47. The van der Waals surface area contributed by atoms with Crippen LogP contribution in [0.1, 0.15) is 21.7 Å². The zero-order chi connectivity index (χ0) is 18.0. The van der Waals surface area contributed by atoms with E-state index in [0.717, 1.165) is 23.5 Å². The number of halogens is 3. The number of hydrogen-bond donors (Lipinski definition) is 1. The standard InChI is InChI=1S/C18H14F3N3O/c1-12-10-16(23-24(12)15-8-3-2-4-9-15)17(25)22-14-7-5-6-13(11-14)18(19,20)21/h2-11H,1H3,(H,22,25). The molecule has 0 atom stereocenters. The van der Waals surface area contributed by atoms with Crippen LogP contribution >= 0.6 is 0 Å². The number of alkyl halides is 3. The van der Waals surface area contributed by atoms with Crippen LogP contribution in [0.3, 0.4) is 0 Å². The predicted octanol–water partition coefficient (Wildman–Crippen LogP) is 4.45. The number of aromatic nitrogens is 2. The highest BCUT2D eigenvalue weighted by molar-refractivity contribution is 6.03. The molecule has 0 bridgehead atoms. The molecule has 0 unspecified atom stereocenters. The molecule has 0 spiro atoms. The highest BCUT2D eigenvalue weighted by Gasteiger charge is 2.30. The Balaban J connectivity index is 1.83. The first-order valence-electron chi connectivity index (χ1n) is 7.45. The number of benzene rings is 2. The number of anilines is 1. The fraction of sp³-hybridized carbons (Fsp3) is 0.111. The summed E-state index contributed by atoms with van der Waals surface area (Å²) in [6, 6.07) is 15.3. The molecule has 0 aliphatic carbocycles. The van der Waals surface area contributed by atoms with Gasteiger partial charge < -0.3 is 5.32 Å². The highest BCUT2D eigenvalue weighted by Crippen LogP contribution is 2.30.